The van der Waals surface area contributed by atoms with Crippen LogP contribution in [0.15, 0.2) is 18.3 Å². The third-order valence-corrected chi connectivity index (χ3v) is 3.55. The molecule has 1 unspecified atom stereocenters. The standard InChI is InChI=1S/C14H20N2O4/c1-16(9-14(19-2)4-6-20-10-14)8-12-7-11(13(17)18)3-5-15-12/h3,5,7H,4,6,8-10H2,1-2H3,(H,17,18). The number of aromatic carboxylic acids is 1. The van der Waals surface area contributed by atoms with Crippen LogP contribution in [0, 0.1) is 0 Å². The molecule has 1 N–H and O–H groups in total. The third-order valence-electron chi connectivity index (χ3n) is 3.55. The lowest BCUT2D eigenvalue weighted by molar-refractivity contribution is -0.0379. The first kappa shape index (κ1) is 14.9. The summed E-state index contributed by atoms with van der Waals surface area (Å²) in [6.45, 7) is 2.61. The Bertz CT molecular complexity index is 472. The summed E-state index contributed by atoms with van der Waals surface area (Å²) in [6, 6.07) is 3.09. The summed E-state index contributed by atoms with van der Waals surface area (Å²) in [5, 5.41) is 8.97. The monoisotopic (exact) mass is 280 g/mol. The van der Waals surface area contributed by atoms with Gasteiger partial charge in [0.2, 0.25) is 0 Å². The molecule has 0 saturated carbocycles. The maximum absolute atomic E-state index is 10.9. The Morgan fingerprint density at radius 3 is 3.05 bits per heavy atom. The van der Waals surface area contributed by atoms with E-state index in [2.05, 4.69) is 9.88 Å². The lowest BCUT2D eigenvalue weighted by atomic mass is 10.0. The van der Waals surface area contributed by atoms with Gasteiger partial charge in [-0.15, -0.1) is 0 Å². The molecular formula is C14H20N2O4. The molecule has 1 aliphatic rings. The van der Waals surface area contributed by atoms with E-state index in [1.54, 1.807) is 13.2 Å². The number of nitrogens with zero attached hydrogens (tertiary/aromatic N) is 2. The summed E-state index contributed by atoms with van der Waals surface area (Å²) in [5.41, 5.74) is 0.728. The van der Waals surface area contributed by atoms with E-state index in [4.69, 9.17) is 14.6 Å². The minimum absolute atomic E-state index is 0.258. The Morgan fingerprint density at radius 1 is 1.65 bits per heavy atom. The zero-order valence-corrected chi connectivity index (χ0v) is 11.8. The molecule has 0 radical (unpaired) electrons. The number of aromatic nitrogens is 1. The number of pyridine rings is 1. The first-order chi connectivity index (χ1) is 9.54. The van der Waals surface area contributed by atoms with Gasteiger partial charge in [-0.05, 0) is 19.2 Å². The largest absolute Gasteiger partial charge is 0.478 e. The van der Waals surface area contributed by atoms with Crippen LogP contribution in [0.5, 0.6) is 0 Å². The highest BCUT2D eigenvalue weighted by molar-refractivity contribution is 5.87. The molecule has 0 spiro atoms. The van der Waals surface area contributed by atoms with E-state index in [-0.39, 0.29) is 11.2 Å². The highest BCUT2D eigenvalue weighted by Crippen LogP contribution is 2.23. The average Bonchev–Trinajstić information content (AvgIpc) is 2.88. The molecule has 6 heteroatoms. The lowest BCUT2D eigenvalue weighted by Crippen LogP contribution is -2.43. The number of hydrogen-bond donors (Lipinski definition) is 1. The first-order valence-electron chi connectivity index (χ1n) is 6.54. The fourth-order valence-electron chi connectivity index (χ4n) is 2.46. The Labute approximate surface area is 118 Å². The van der Waals surface area contributed by atoms with E-state index in [0.717, 1.165) is 18.7 Å². The number of carbonyl (C=O) groups is 1. The molecule has 1 aromatic heterocycles. The van der Waals surface area contributed by atoms with Gasteiger partial charge in [0.25, 0.3) is 0 Å². The van der Waals surface area contributed by atoms with Gasteiger partial charge in [0.1, 0.15) is 5.60 Å². The van der Waals surface area contributed by atoms with E-state index in [1.807, 2.05) is 7.05 Å². The van der Waals surface area contributed by atoms with Gasteiger partial charge in [-0.3, -0.25) is 9.88 Å². The third kappa shape index (κ3) is 3.53. The van der Waals surface area contributed by atoms with E-state index in [9.17, 15) is 4.79 Å². The minimum Gasteiger partial charge on any atom is -0.478 e. The Morgan fingerprint density at radius 2 is 2.45 bits per heavy atom. The summed E-state index contributed by atoms with van der Waals surface area (Å²) >= 11 is 0. The van der Waals surface area contributed by atoms with Crippen LogP contribution in [0.3, 0.4) is 0 Å². The van der Waals surface area contributed by atoms with Crippen LogP contribution in [-0.4, -0.2) is 60.5 Å². The number of methoxy groups -OCH3 is 1. The number of hydrogen-bond acceptors (Lipinski definition) is 5. The number of ether oxygens (including phenoxy) is 2. The van der Waals surface area contributed by atoms with Crippen molar-refractivity contribution in [1.29, 1.82) is 0 Å². The molecule has 2 heterocycles. The number of likely N-dealkylation sites (N-methyl/N-ethyl adjacent to an activating group) is 1. The molecule has 2 rings (SSSR count). The predicted molar refractivity (Wildman–Crippen MR) is 72.7 cm³/mol. The van der Waals surface area contributed by atoms with Crippen LogP contribution in [0.2, 0.25) is 0 Å². The average molecular weight is 280 g/mol. The zero-order chi connectivity index (χ0) is 14.6. The summed E-state index contributed by atoms with van der Waals surface area (Å²) in [5.74, 6) is -0.936. The van der Waals surface area contributed by atoms with Crippen LogP contribution in [0.1, 0.15) is 22.5 Å². The molecule has 1 fully saturated rings. The van der Waals surface area contributed by atoms with Gasteiger partial charge in [-0.1, -0.05) is 0 Å². The topological polar surface area (TPSA) is 71.9 Å². The summed E-state index contributed by atoms with van der Waals surface area (Å²) in [7, 11) is 3.67. The number of rotatable bonds is 6. The van der Waals surface area contributed by atoms with Gasteiger partial charge in [0.05, 0.1) is 17.9 Å². The summed E-state index contributed by atoms with van der Waals surface area (Å²) in [4.78, 5) is 17.2. The lowest BCUT2D eigenvalue weighted by Gasteiger charge is -2.30. The SMILES string of the molecule is COC1(CN(C)Cc2cc(C(=O)O)ccn2)CCOC1. The smallest absolute Gasteiger partial charge is 0.335 e. The number of carboxylic acid groups (broad SMARTS) is 1. The molecule has 1 saturated heterocycles. The van der Waals surface area contributed by atoms with Crippen LogP contribution in [0.25, 0.3) is 0 Å². The highest BCUT2D eigenvalue weighted by atomic mass is 16.5. The van der Waals surface area contributed by atoms with Gasteiger partial charge in [-0.25, -0.2) is 4.79 Å². The Balaban J connectivity index is 1.99. The molecule has 0 amide bonds. The van der Waals surface area contributed by atoms with Crippen molar-refractivity contribution in [2.45, 2.75) is 18.6 Å². The normalized spacial score (nSPS) is 22.4. The quantitative estimate of drug-likeness (QED) is 0.838. The molecule has 1 aromatic rings. The Kier molecular flexibility index (Phi) is 4.69. The summed E-state index contributed by atoms with van der Waals surface area (Å²) < 4.78 is 11.0. The molecule has 20 heavy (non-hydrogen) atoms. The van der Waals surface area contributed by atoms with Gasteiger partial charge >= 0.3 is 5.97 Å². The van der Waals surface area contributed by atoms with Crippen molar-refractivity contribution < 1.29 is 19.4 Å². The van der Waals surface area contributed by atoms with Crippen molar-refractivity contribution in [2.75, 3.05) is 33.9 Å². The van der Waals surface area contributed by atoms with E-state index in [0.29, 0.717) is 19.8 Å². The van der Waals surface area contributed by atoms with Crippen molar-refractivity contribution >= 4 is 5.97 Å². The van der Waals surface area contributed by atoms with Crippen LogP contribution < -0.4 is 0 Å². The van der Waals surface area contributed by atoms with E-state index in [1.165, 1.54) is 12.3 Å². The molecule has 6 nitrogen and oxygen atoms in total. The second kappa shape index (κ2) is 6.30. The maximum Gasteiger partial charge on any atom is 0.335 e. The van der Waals surface area contributed by atoms with Gasteiger partial charge in [-0.2, -0.15) is 0 Å². The molecule has 0 aromatic carbocycles. The van der Waals surface area contributed by atoms with Gasteiger partial charge < -0.3 is 14.6 Å². The predicted octanol–water partition coefficient (Wildman–Crippen LogP) is 1.02. The Hall–Kier alpha value is -1.50. The zero-order valence-electron chi connectivity index (χ0n) is 11.8. The van der Waals surface area contributed by atoms with Crippen molar-refractivity contribution in [1.82, 2.24) is 9.88 Å². The molecular weight excluding hydrogens is 260 g/mol. The molecule has 1 aliphatic heterocycles. The van der Waals surface area contributed by atoms with Crippen LogP contribution >= 0.6 is 0 Å². The highest BCUT2D eigenvalue weighted by Gasteiger charge is 2.35. The van der Waals surface area contributed by atoms with Crippen molar-refractivity contribution in [3.63, 3.8) is 0 Å². The fourth-order valence-corrected chi connectivity index (χ4v) is 2.46. The van der Waals surface area contributed by atoms with E-state index >= 15 is 0 Å². The van der Waals surface area contributed by atoms with E-state index < -0.39 is 5.97 Å². The molecule has 1 atom stereocenters. The van der Waals surface area contributed by atoms with Crippen molar-refractivity contribution in [3.8, 4) is 0 Å². The van der Waals surface area contributed by atoms with Crippen LogP contribution in [0.4, 0.5) is 0 Å². The van der Waals surface area contributed by atoms with Crippen molar-refractivity contribution in [2.24, 2.45) is 0 Å². The first-order valence-corrected chi connectivity index (χ1v) is 6.54. The number of carboxylic acids is 1. The van der Waals surface area contributed by atoms with Gasteiger partial charge in [0, 0.05) is 39.4 Å². The maximum atomic E-state index is 10.9. The fraction of sp³-hybridized carbons (Fsp3) is 0.571. The molecule has 0 aliphatic carbocycles. The summed E-state index contributed by atoms with van der Waals surface area (Å²) in [6.07, 6.45) is 2.40. The molecule has 110 valence electrons. The van der Waals surface area contributed by atoms with Crippen LogP contribution in [-0.2, 0) is 16.0 Å². The molecule has 0 bridgehead atoms. The second-order valence-electron chi connectivity index (χ2n) is 5.20. The minimum atomic E-state index is -0.936. The second-order valence-corrected chi connectivity index (χ2v) is 5.20. The van der Waals surface area contributed by atoms with Gasteiger partial charge in [0.15, 0.2) is 0 Å². The van der Waals surface area contributed by atoms with Crippen molar-refractivity contribution in [3.05, 3.63) is 29.6 Å².